The topological polar surface area (TPSA) is 79.0 Å². The molecule has 2 aromatic rings. The lowest BCUT2D eigenvalue weighted by atomic mass is 10.1. The lowest BCUT2D eigenvalue weighted by Crippen LogP contribution is -2.47. The van der Waals surface area contributed by atoms with Gasteiger partial charge in [0.2, 0.25) is 15.9 Å². The van der Waals surface area contributed by atoms with Crippen LogP contribution in [0.2, 0.25) is 5.02 Å². The van der Waals surface area contributed by atoms with Gasteiger partial charge in [-0.1, -0.05) is 24.6 Å². The van der Waals surface area contributed by atoms with Gasteiger partial charge in [0.15, 0.2) is 0 Å². The average molecular weight is 452 g/mol. The lowest BCUT2D eigenvalue weighted by Gasteiger charge is -2.30. The normalized spacial score (nSPS) is 15.5. The highest BCUT2D eigenvalue weighted by Gasteiger charge is 2.31. The van der Waals surface area contributed by atoms with Gasteiger partial charge in [-0.3, -0.25) is 9.10 Å². The first-order valence-electron chi connectivity index (χ1n) is 9.78. The van der Waals surface area contributed by atoms with Crippen molar-refractivity contribution in [2.75, 3.05) is 47.1 Å². The summed E-state index contributed by atoms with van der Waals surface area (Å²) >= 11 is 6.04. The molecule has 2 aromatic carbocycles. The maximum Gasteiger partial charge on any atom is 0.248 e. The second kappa shape index (κ2) is 9.68. The molecule has 1 N–H and O–H groups in total. The number of sulfonamides is 1. The molecule has 7 nitrogen and oxygen atoms in total. The van der Waals surface area contributed by atoms with Gasteiger partial charge in [-0.15, -0.1) is 0 Å². The van der Waals surface area contributed by atoms with E-state index in [2.05, 4.69) is 10.2 Å². The molecule has 0 unspecified atom stereocenters. The van der Waals surface area contributed by atoms with E-state index in [4.69, 9.17) is 16.3 Å². The Morgan fingerprint density at radius 1 is 1.20 bits per heavy atom. The fraction of sp³-hybridized carbons (Fsp3) is 0.381. The Morgan fingerprint density at radius 3 is 2.43 bits per heavy atom. The van der Waals surface area contributed by atoms with Crippen LogP contribution in [0.3, 0.4) is 0 Å². The number of ether oxygens (including phenoxy) is 1. The fourth-order valence-corrected chi connectivity index (χ4v) is 4.86. The van der Waals surface area contributed by atoms with Crippen molar-refractivity contribution >= 4 is 44.6 Å². The highest BCUT2D eigenvalue weighted by Crippen LogP contribution is 2.26. The van der Waals surface area contributed by atoms with Gasteiger partial charge in [-0.25, -0.2) is 8.42 Å². The third-order valence-electron chi connectivity index (χ3n) is 4.90. The zero-order chi connectivity index (χ0) is 21.7. The molecule has 1 aliphatic rings. The van der Waals surface area contributed by atoms with Gasteiger partial charge in [0.1, 0.15) is 6.04 Å². The highest BCUT2D eigenvalue weighted by molar-refractivity contribution is 7.92. The van der Waals surface area contributed by atoms with Crippen LogP contribution in [0.15, 0.2) is 48.5 Å². The van der Waals surface area contributed by atoms with Crippen molar-refractivity contribution in [2.45, 2.75) is 19.4 Å². The number of nitrogens with one attached hydrogen (secondary N) is 1. The summed E-state index contributed by atoms with van der Waals surface area (Å²) in [6.07, 6.45) is 1.39. The molecule has 0 radical (unpaired) electrons. The summed E-state index contributed by atoms with van der Waals surface area (Å²) in [6.45, 7) is 4.82. The number of hydrogen-bond donors (Lipinski definition) is 1. The minimum Gasteiger partial charge on any atom is -0.378 e. The second-order valence-electron chi connectivity index (χ2n) is 7.10. The first-order valence-corrected chi connectivity index (χ1v) is 12.0. The number of halogens is 1. The number of anilines is 3. The van der Waals surface area contributed by atoms with E-state index in [0.717, 1.165) is 29.3 Å². The quantitative estimate of drug-likeness (QED) is 0.698. The molecule has 1 saturated heterocycles. The van der Waals surface area contributed by atoms with Crippen LogP contribution in [0.5, 0.6) is 0 Å². The van der Waals surface area contributed by atoms with Crippen LogP contribution in [0, 0.1) is 0 Å². The van der Waals surface area contributed by atoms with E-state index in [1.165, 1.54) is 6.07 Å². The maximum atomic E-state index is 13.0. The minimum atomic E-state index is -3.71. The van der Waals surface area contributed by atoms with Gasteiger partial charge in [0.25, 0.3) is 0 Å². The molecular formula is C21H26ClN3O4S. The fourth-order valence-electron chi connectivity index (χ4n) is 3.48. The van der Waals surface area contributed by atoms with Crippen LogP contribution in [-0.2, 0) is 19.6 Å². The van der Waals surface area contributed by atoms with E-state index in [0.29, 0.717) is 36.0 Å². The van der Waals surface area contributed by atoms with Crippen LogP contribution in [0.25, 0.3) is 0 Å². The molecule has 0 bridgehead atoms. The standard InChI is InChI=1S/C21H26ClN3O4S/c1-3-20(25(30(2,27)28)19-6-4-5-16(22)15-19)21(26)23-17-7-9-18(10-8-17)24-11-13-29-14-12-24/h4-10,15,20H,3,11-14H2,1-2H3,(H,23,26)/t20-/m1/s1. The number of benzene rings is 2. The van der Waals surface area contributed by atoms with Crippen molar-refractivity contribution in [3.05, 3.63) is 53.6 Å². The molecule has 1 fully saturated rings. The molecule has 3 rings (SSSR count). The first-order chi connectivity index (χ1) is 14.3. The Hall–Kier alpha value is -2.29. The van der Waals surface area contributed by atoms with Gasteiger partial charge >= 0.3 is 0 Å². The Balaban J connectivity index is 1.79. The zero-order valence-electron chi connectivity index (χ0n) is 17.0. The smallest absolute Gasteiger partial charge is 0.248 e. The van der Waals surface area contributed by atoms with Gasteiger partial charge in [0, 0.05) is 29.5 Å². The SMILES string of the molecule is CC[C@H](C(=O)Nc1ccc(N2CCOCC2)cc1)N(c1cccc(Cl)c1)S(C)(=O)=O. The molecule has 1 amide bonds. The van der Waals surface area contributed by atoms with Gasteiger partial charge in [-0.05, 0) is 48.9 Å². The summed E-state index contributed by atoms with van der Waals surface area (Å²) < 4.78 is 31.5. The van der Waals surface area contributed by atoms with E-state index in [1.54, 1.807) is 25.1 Å². The molecule has 162 valence electrons. The molecule has 0 saturated carbocycles. The number of nitrogens with zero attached hydrogens (tertiary/aromatic N) is 2. The van der Waals surface area contributed by atoms with Crippen molar-refractivity contribution in [1.29, 1.82) is 0 Å². The summed E-state index contributed by atoms with van der Waals surface area (Å²) in [5.74, 6) is -0.401. The molecule has 0 spiro atoms. The van der Waals surface area contributed by atoms with E-state index >= 15 is 0 Å². The molecular weight excluding hydrogens is 426 g/mol. The highest BCUT2D eigenvalue weighted by atomic mass is 35.5. The van der Waals surface area contributed by atoms with Gasteiger partial charge in [-0.2, -0.15) is 0 Å². The third-order valence-corrected chi connectivity index (χ3v) is 6.32. The average Bonchev–Trinajstić information content (AvgIpc) is 2.72. The monoisotopic (exact) mass is 451 g/mol. The number of hydrogen-bond acceptors (Lipinski definition) is 5. The van der Waals surface area contributed by atoms with Crippen LogP contribution < -0.4 is 14.5 Å². The Morgan fingerprint density at radius 2 is 1.87 bits per heavy atom. The minimum absolute atomic E-state index is 0.303. The van der Waals surface area contributed by atoms with Crippen LogP contribution >= 0.6 is 11.6 Å². The second-order valence-corrected chi connectivity index (χ2v) is 9.39. The van der Waals surface area contributed by atoms with Crippen molar-refractivity contribution < 1.29 is 17.9 Å². The summed E-state index contributed by atoms with van der Waals surface area (Å²) in [5.41, 5.74) is 2.02. The zero-order valence-corrected chi connectivity index (χ0v) is 18.6. The van der Waals surface area contributed by atoms with E-state index in [1.807, 2.05) is 24.3 Å². The van der Waals surface area contributed by atoms with Crippen molar-refractivity contribution in [1.82, 2.24) is 0 Å². The first kappa shape index (κ1) is 22.4. The predicted molar refractivity (Wildman–Crippen MR) is 121 cm³/mol. The Kier molecular flexibility index (Phi) is 7.23. The molecule has 1 heterocycles. The molecule has 30 heavy (non-hydrogen) atoms. The Labute approximate surface area is 182 Å². The summed E-state index contributed by atoms with van der Waals surface area (Å²) in [4.78, 5) is 15.2. The van der Waals surface area contributed by atoms with E-state index in [9.17, 15) is 13.2 Å². The molecule has 0 aromatic heterocycles. The molecule has 0 aliphatic carbocycles. The third kappa shape index (κ3) is 5.44. The maximum absolute atomic E-state index is 13.0. The summed E-state index contributed by atoms with van der Waals surface area (Å²) in [6, 6.07) is 13.1. The van der Waals surface area contributed by atoms with Crippen LogP contribution in [-0.4, -0.2) is 52.9 Å². The number of carbonyl (C=O) groups is 1. The molecule has 1 aliphatic heterocycles. The van der Waals surface area contributed by atoms with Gasteiger partial charge in [0.05, 0.1) is 25.2 Å². The van der Waals surface area contributed by atoms with E-state index < -0.39 is 22.0 Å². The van der Waals surface area contributed by atoms with Crippen LogP contribution in [0.1, 0.15) is 13.3 Å². The van der Waals surface area contributed by atoms with Crippen molar-refractivity contribution in [3.8, 4) is 0 Å². The number of morpholine rings is 1. The number of rotatable bonds is 7. The van der Waals surface area contributed by atoms with Gasteiger partial charge < -0.3 is 15.0 Å². The largest absolute Gasteiger partial charge is 0.378 e. The molecule has 9 heteroatoms. The van der Waals surface area contributed by atoms with E-state index in [-0.39, 0.29) is 0 Å². The van der Waals surface area contributed by atoms with Crippen molar-refractivity contribution in [3.63, 3.8) is 0 Å². The van der Waals surface area contributed by atoms with Crippen molar-refractivity contribution in [2.24, 2.45) is 0 Å². The number of carbonyl (C=O) groups excluding carboxylic acids is 1. The molecule has 1 atom stereocenters. The van der Waals surface area contributed by atoms with Crippen LogP contribution in [0.4, 0.5) is 17.1 Å². The predicted octanol–water partition coefficient (Wildman–Crippen LogP) is 3.36. The summed E-state index contributed by atoms with van der Waals surface area (Å²) in [5, 5.41) is 3.24. The Bertz CT molecular complexity index is 976. The summed E-state index contributed by atoms with van der Waals surface area (Å²) in [7, 11) is -3.71. The number of amides is 1. The lowest BCUT2D eigenvalue weighted by molar-refractivity contribution is -0.117.